The number of hydrogen-bond donors (Lipinski definition) is 1. The third-order valence-corrected chi connectivity index (χ3v) is 5.95. The van der Waals surface area contributed by atoms with E-state index in [1.54, 1.807) is 10.9 Å². The molecule has 162 valence electrons. The van der Waals surface area contributed by atoms with Crippen LogP contribution in [-0.4, -0.2) is 21.4 Å². The third-order valence-electron chi connectivity index (χ3n) is 5.95. The van der Waals surface area contributed by atoms with Gasteiger partial charge in [-0.3, -0.25) is 4.79 Å². The quantitative estimate of drug-likeness (QED) is 0.357. The molecule has 4 aromatic carbocycles. The number of hydrogen-bond acceptors (Lipinski definition) is 3. The van der Waals surface area contributed by atoms with Crippen LogP contribution in [0.2, 0.25) is 0 Å². The van der Waals surface area contributed by atoms with E-state index in [4.69, 9.17) is 5.10 Å². The van der Waals surface area contributed by atoms with Crippen LogP contribution in [-0.2, 0) is 0 Å². The highest BCUT2D eigenvalue weighted by molar-refractivity contribution is 6.24. The number of carbonyl (C=O) groups is 1. The van der Waals surface area contributed by atoms with Crippen LogP contribution >= 0.6 is 0 Å². The van der Waals surface area contributed by atoms with Crippen LogP contribution in [0.4, 0.5) is 0 Å². The van der Waals surface area contributed by atoms with Gasteiger partial charge in [0, 0.05) is 22.9 Å². The summed E-state index contributed by atoms with van der Waals surface area (Å²) in [5, 5.41) is 9.31. The van der Waals surface area contributed by atoms with Gasteiger partial charge < -0.3 is 0 Å². The van der Waals surface area contributed by atoms with Gasteiger partial charge in [0.1, 0.15) is 5.69 Å². The number of amides is 1. The van der Waals surface area contributed by atoms with E-state index < -0.39 is 0 Å². The number of aromatic nitrogens is 2. The molecule has 6 rings (SSSR count). The lowest BCUT2D eigenvalue weighted by molar-refractivity contribution is 0.0955. The lowest BCUT2D eigenvalue weighted by atomic mass is 10.1. The predicted octanol–water partition coefficient (Wildman–Crippen LogP) is 5.70. The Bertz CT molecular complexity index is 1490. The largest absolute Gasteiger partial charge is 0.275 e. The number of benzene rings is 4. The van der Waals surface area contributed by atoms with Gasteiger partial charge in [-0.25, -0.2) is 10.1 Å². The van der Waals surface area contributed by atoms with Crippen molar-refractivity contribution in [1.29, 1.82) is 0 Å². The summed E-state index contributed by atoms with van der Waals surface area (Å²) in [5.41, 5.74) is 10.6. The highest BCUT2D eigenvalue weighted by Gasteiger charge is 2.25. The zero-order valence-corrected chi connectivity index (χ0v) is 18.2. The van der Waals surface area contributed by atoms with Crippen molar-refractivity contribution < 1.29 is 4.79 Å². The summed E-state index contributed by atoms with van der Waals surface area (Å²) in [6, 6.07) is 35.7. The number of rotatable bonds is 4. The lowest BCUT2D eigenvalue weighted by Crippen LogP contribution is -2.20. The molecule has 5 aromatic rings. The number of para-hydroxylation sites is 1. The van der Waals surface area contributed by atoms with Crippen molar-refractivity contribution in [1.82, 2.24) is 15.2 Å². The Kier molecular flexibility index (Phi) is 4.85. The van der Waals surface area contributed by atoms with Crippen LogP contribution in [0.15, 0.2) is 120 Å². The minimum absolute atomic E-state index is 0.310. The molecule has 0 bridgehead atoms. The van der Waals surface area contributed by atoms with Crippen molar-refractivity contribution in [3.63, 3.8) is 0 Å². The van der Waals surface area contributed by atoms with E-state index in [-0.39, 0.29) is 5.91 Å². The van der Waals surface area contributed by atoms with Gasteiger partial charge in [0.2, 0.25) is 0 Å². The van der Waals surface area contributed by atoms with Crippen LogP contribution in [0.5, 0.6) is 0 Å². The molecule has 0 saturated carbocycles. The molecule has 1 aliphatic rings. The average molecular weight is 441 g/mol. The van der Waals surface area contributed by atoms with E-state index in [0.717, 1.165) is 39.2 Å². The van der Waals surface area contributed by atoms with Crippen molar-refractivity contribution in [2.45, 2.75) is 0 Å². The van der Waals surface area contributed by atoms with Crippen LogP contribution in [0, 0.1) is 0 Å². The summed E-state index contributed by atoms with van der Waals surface area (Å²) in [6.07, 6.45) is 1.75. The van der Waals surface area contributed by atoms with Crippen molar-refractivity contribution in [2.24, 2.45) is 5.10 Å². The van der Waals surface area contributed by atoms with Gasteiger partial charge in [0.25, 0.3) is 5.91 Å². The molecule has 1 heterocycles. The number of hydrazone groups is 1. The Labute approximate surface area is 197 Å². The topological polar surface area (TPSA) is 59.3 Å². The molecule has 1 aromatic heterocycles. The fourth-order valence-electron chi connectivity index (χ4n) is 4.34. The molecule has 0 spiro atoms. The standard InChI is InChI=1S/C29H20N4O/c34-29(31-30-28-24-17-9-7-15-22(24)23-16-8-10-18-25(23)28)26-19-33(21-13-5-2-6-14-21)32-27(26)20-11-3-1-4-12-20/h1-19H,(H,31,34). The summed E-state index contributed by atoms with van der Waals surface area (Å²) >= 11 is 0. The second-order valence-corrected chi connectivity index (χ2v) is 8.03. The molecule has 34 heavy (non-hydrogen) atoms. The fourth-order valence-corrected chi connectivity index (χ4v) is 4.34. The highest BCUT2D eigenvalue weighted by atomic mass is 16.2. The fraction of sp³-hybridized carbons (Fsp3) is 0. The van der Waals surface area contributed by atoms with Gasteiger partial charge in [-0.2, -0.15) is 10.2 Å². The summed E-state index contributed by atoms with van der Waals surface area (Å²) in [7, 11) is 0. The molecule has 0 aliphatic heterocycles. The Morgan fingerprint density at radius 1 is 0.676 bits per heavy atom. The SMILES string of the molecule is O=C(NN=C1c2ccccc2-c2ccccc21)c1cn(-c2ccccc2)nc1-c1ccccc1. The summed E-state index contributed by atoms with van der Waals surface area (Å²) in [5.74, 6) is -0.310. The first-order chi connectivity index (χ1) is 16.8. The first kappa shape index (κ1) is 19.9. The molecule has 5 nitrogen and oxygen atoms in total. The van der Waals surface area contributed by atoms with Crippen molar-refractivity contribution in [3.05, 3.63) is 132 Å². The van der Waals surface area contributed by atoms with Crippen LogP contribution in [0.1, 0.15) is 21.5 Å². The second-order valence-electron chi connectivity index (χ2n) is 8.03. The molecule has 0 atom stereocenters. The second kappa shape index (κ2) is 8.30. The van der Waals surface area contributed by atoms with Gasteiger partial charge in [-0.1, -0.05) is 97.1 Å². The minimum Gasteiger partial charge on any atom is -0.267 e. The Hall–Kier alpha value is -4.77. The summed E-state index contributed by atoms with van der Waals surface area (Å²) in [4.78, 5) is 13.4. The smallest absolute Gasteiger partial charge is 0.267 e. The summed E-state index contributed by atoms with van der Waals surface area (Å²) in [6.45, 7) is 0. The van der Waals surface area contributed by atoms with E-state index in [9.17, 15) is 4.79 Å². The first-order valence-electron chi connectivity index (χ1n) is 11.1. The van der Waals surface area contributed by atoms with Gasteiger partial charge in [0.05, 0.1) is 17.0 Å². The van der Waals surface area contributed by atoms with E-state index in [0.29, 0.717) is 11.3 Å². The first-order valence-corrected chi connectivity index (χ1v) is 11.1. The van der Waals surface area contributed by atoms with E-state index in [1.165, 1.54) is 0 Å². The molecule has 1 aliphatic carbocycles. The third kappa shape index (κ3) is 3.40. The van der Waals surface area contributed by atoms with Gasteiger partial charge in [0.15, 0.2) is 0 Å². The Morgan fingerprint density at radius 3 is 1.82 bits per heavy atom. The molecule has 0 radical (unpaired) electrons. The molecular weight excluding hydrogens is 420 g/mol. The Balaban J connectivity index is 1.40. The Morgan fingerprint density at radius 2 is 1.21 bits per heavy atom. The molecule has 1 N–H and O–H groups in total. The minimum atomic E-state index is -0.310. The average Bonchev–Trinajstić information content (AvgIpc) is 3.49. The zero-order valence-electron chi connectivity index (χ0n) is 18.2. The molecule has 0 fully saturated rings. The van der Waals surface area contributed by atoms with Crippen LogP contribution < -0.4 is 5.43 Å². The number of nitrogens with zero attached hydrogens (tertiary/aromatic N) is 3. The summed E-state index contributed by atoms with van der Waals surface area (Å²) < 4.78 is 1.73. The number of fused-ring (bicyclic) bond motifs is 3. The normalized spacial score (nSPS) is 11.6. The van der Waals surface area contributed by atoms with Crippen LogP contribution in [0.25, 0.3) is 28.1 Å². The zero-order chi connectivity index (χ0) is 22.9. The van der Waals surface area contributed by atoms with Gasteiger partial charge >= 0.3 is 0 Å². The number of nitrogens with one attached hydrogen (secondary N) is 1. The molecule has 0 saturated heterocycles. The lowest BCUT2D eigenvalue weighted by Gasteiger charge is -2.04. The van der Waals surface area contributed by atoms with Crippen LogP contribution in [0.3, 0.4) is 0 Å². The monoisotopic (exact) mass is 440 g/mol. The van der Waals surface area contributed by atoms with Crippen molar-refractivity contribution in [2.75, 3.05) is 0 Å². The van der Waals surface area contributed by atoms with E-state index >= 15 is 0 Å². The van der Waals surface area contributed by atoms with Gasteiger partial charge in [-0.15, -0.1) is 0 Å². The maximum absolute atomic E-state index is 13.4. The van der Waals surface area contributed by atoms with Crippen molar-refractivity contribution in [3.8, 4) is 28.1 Å². The van der Waals surface area contributed by atoms with Gasteiger partial charge in [-0.05, 0) is 23.3 Å². The molecular formula is C29H20N4O. The van der Waals surface area contributed by atoms with E-state index in [2.05, 4.69) is 22.7 Å². The molecule has 5 heteroatoms. The molecule has 1 amide bonds. The van der Waals surface area contributed by atoms with Crippen molar-refractivity contribution >= 4 is 11.6 Å². The van der Waals surface area contributed by atoms with E-state index in [1.807, 2.05) is 97.1 Å². The number of carbonyl (C=O) groups excluding carboxylic acids is 1. The predicted molar refractivity (Wildman–Crippen MR) is 134 cm³/mol. The highest BCUT2D eigenvalue weighted by Crippen LogP contribution is 2.36. The maximum Gasteiger partial charge on any atom is 0.275 e. The maximum atomic E-state index is 13.4. The molecule has 0 unspecified atom stereocenters.